The minimum Gasteiger partial charge on any atom is -0.378 e. The van der Waals surface area contributed by atoms with Gasteiger partial charge in [-0.25, -0.2) is 0 Å². The number of hydrogen-bond donors (Lipinski definition) is 1. The van der Waals surface area contributed by atoms with Crippen LogP contribution in [0, 0.1) is 17.2 Å². The van der Waals surface area contributed by atoms with Gasteiger partial charge in [0.05, 0.1) is 12.2 Å². The lowest BCUT2D eigenvalue weighted by atomic mass is 9.85. The molecule has 0 radical (unpaired) electrons. The van der Waals surface area contributed by atoms with Gasteiger partial charge in [0.15, 0.2) is 0 Å². The van der Waals surface area contributed by atoms with Crippen molar-refractivity contribution in [2.75, 3.05) is 13.2 Å². The van der Waals surface area contributed by atoms with Crippen LogP contribution < -0.4 is 5.32 Å². The summed E-state index contributed by atoms with van der Waals surface area (Å²) >= 11 is 0. The highest BCUT2D eigenvalue weighted by Gasteiger charge is 2.23. The third-order valence-electron chi connectivity index (χ3n) is 4.50. The lowest BCUT2D eigenvalue weighted by Gasteiger charge is -2.29. The topological polar surface area (TPSA) is 45.0 Å². The van der Waals surface area contributed by atoms with Gasteiger partial charge in [-0.2, -0.15) is 5.26 Å². The van der Waals surface area contributed by atoms with Crippen LogP contribution in [0.25, 0.3) is 0 Å². The van der Waals surface area contributed by atoms with Crippen LogP contribution in [0.4, 0.5) is 0 Å². The maximum Gasteiger partial charge on any atom is 0.104 e. The van der Waals surface area contributed by atoms with Gasteiger partial charge in [-0.05, 0) is 51.5 Å². The van der Waals surface area contributed by atoms with Crippen molar-refractivity contribution in [3.63, 3.8) is 0 Å². The molecule has 0 aromatic heterocycles. The van der Waals surface area contributed by atoms with Crippen LogP contribution in [-0.4, -0.2) is 24.8 Å². The van der Waals surface area contributed by atoms with Crippen LogP contribution in [0.2, 0.25) is 0 Å². The normalized spacial score (nSPS) is 25.9. The van der Waals surface area contributed by atoms with Gasteiger partial charge in [0.2, 0.25) is 0 Å². The molecular weight excluding hydrogens is 248 g/mol. The molecule has 0 bridgehead atoms. The average molecular weight is 280 g/mol. The van der Waals surface area contributed by atoms with Crippen LogP contribution in [0.1, 0.15) is 72.1 Å². The van der Waals surface area contributed by atoms with Crippen LogP contribution in [0.15, 0.2) is 0 Å². The van der Waals surface area contributed by atoms with Crippen molar-refractivity contribution in [3.05, 3.63) is 0 Å². The fourth-order valence-corrected chi connectivity index (χ4v) is 3.02. The van der Waals surface area contributed by atoms with Gasteiger partial charge in [0, 0.05) is 6.61 Å². The predicted molar refractivity (Wildman–Crippen MR) is 83.5 cm³/mol. The molecule has 3 unspecified atom stereocenters. The number of nitrogens with zero attached hydrogens (tertiary/aromatic N) is 1. The Morgan fingerprint density at radius 3 is 2.80 bits per heavy atom. The van der Waals surface area contributed by atoms with Gasteiger partial charge in [-0.15, -0.1) is 0 Å². The quantitative estimate of drug-likeness (QED) is 0.648. The molecule has 0 aromatic carbocycles. The maximum absolute atomic E-state index is 9.27. The third kappa shape index (κ3) is 6.24. The smallest absolute Gasteiger partial charge is 0.104 e. The van der Waals surface area contributed by atoms with Gasteiger partial charge in [-0.3, -0.25) is 5.32 Å². The van der Waals surface area contributed by atoms with E-state index in [9.17, 15) is 5.26 Å². The van der Waals surface area contributed by atoms with E-state index in [0.717, 1.165) is 38.3 Å². The lowest BCUT2D eigenvalue weighted by Crippen LogP contribution is -2.41. The first kappa shape index (κ1) is 17.5. The molecule has 1 fully saturated rings. The second kappa shape index (κ2) is 9.37. The second-order valence-corrected chi connectivity index (χ2v) is 6.41. The zero-order chi connectivity index (χ0) is 14.8. The van der Waals surface area contributed by atoms with E-state index in [1.807, 2.05) is 6.92 Å². The summed E-state index contributed by atoms with van der Waals surface area (Å²) in [6, 6.07) is 2.40. The molecular formula is C17H32N2O. The molecule has 0 heterocycles. The van der Waals surface area contributed by atoms with E-state index < -0.39 is 5.54 Å². The van der Waals surface area contributed by atoms with E-state index in [1.54, 1.807) is 0 Å². The highest BCUT2D eigenvalue weighted by molar-refractivity contribution is 5.03. The van der Waals surface area contributed by atoms with Gasteiger partial charge < -0.3 is 4.74 Å². The second-order valence-electron chi connectivity index (χ2n) is 6.41. The van der Waals surface area contributed by atoms with Crippen molar-refractivity contribution in [2.24, 2.45) is 5.92 Å². The van der Waals surface area contributed by atoms with Gasteiger partial charge in [0.1, 0.15) is 5.54 Å². The zero-order valence-electron chi connectivity index (χ0n) is 13.6. The Bertz CT molecular complexity index is 300. The molecule has 116 valence electrons. The van der Waals surface area contributed by atoms with Crippen molar-refractivity contribution in [3.8, 4) is 6.07 Å². The third-order valence-corrected chi connectivity index (χ3v) is 4.50. The Kier molecular flexibility index (Phi) is 8.18. The van der Waals surface area contributed by atoms with Crippen LogP contribution in [0.5, 0.6) is 0 Å². The molecule has 0 saturated heterocycles. The van der Waals surface area contributed by atoms with E-state index in [0.29, 0.717) is 6.10 Å². The van der Waals surface area contributed by atoms with Crippen molar-refractivity contribution >= 4 is 0 Å². The number of ether oxygens (including phenoxy) is 1. The summed E-state index contributed by atoms with van der Waals surface area (Å²) < 4.78 is 6.02. The van der Waals surface area contributed by atoms with Crippen molar-refractivity contribution in [1.82, 2.24) is 5.32 Å². The van der Waals surface area contributed by atoms with E-state index in [1.165, 1.54) is 32.1 Å². The summed E-state index contributed by atoms with van der Waals surface area (Å²) in [6.45, 7) is 8.11. The Hall–Kier alpha value is -0.590. The first-order valence-electron chi connectivity index (χ1n) is 8.41. The van der Waals surface area contributed by atoms with Gasteiger partial charge >= 0.3 is 0 Å². The van der Waals surface area contributed by atoms with E-state index >= 15 is 0 Å². The molecule has 1 saturated carbocycles. The Morgan fingerprint density at radius 1 is 1.35 bits per heavy atom. The predicted octanol–water partition coefficient (Wildman–Crippen LogP) is 4.03. The van der Waals surface area contributed by atoms with Crippen molar-refractivity contribution < 1.29 is 4.74 Å². The van der Waals surface area contributed by atoms with Crippen LogP contribution >= 0.6 is 0 Å². The first-order chi connectivity index (χ1) is 9.63. The Balaban J connectivity index is 2.18. The number of nitriles is 1. The molecule has 0 aliphatic heterocycles. The molecule has 0 spiro atoms. The first-order valence-corrected chi connectivity index (χ1v) is 8.41. The van der Waals surface area contributed by atoms with E-state index in [4.69, 9.17) is 4.74 Å². The molecule has 20 heavy (non-hydrogen) atoms. The molecule has 0 aromatic rings. The molecule has 1 N–H and O–H groups in total. The SMILES string of the molecule is CCCNC(C)(C#N)CCCOC1CCCC(CC)C1. The molecule has 1 rings (SSSR count). The summed E-state index contributed by atoms with van der Waals surface area (Å²) in [5.74, 6) is 0.865. The van der Waals surface area contributed by atoms with E-state index in [2.05, 4.69) is 25.2 Å². The summed E-state index contributed by atoms with van der Waals surface area (Å²) in [6.07, 6.45) is 9.80. The summed E-state index contributed by atoms with van der Waals surface area (Å²) in [7, 11) is 0. The van der Waals surface area contributed by atoms with Gasteiger partial charge in [0.25, 0.3) is 0 Å². The van der Waals surface area contributed by atoms with Crippen molar-refractivity contribution in [2.45, 2.75) is 83.8 Å². The van der Waals surface area contributed by atoms with E-state index in [-0.39, 0.29) is 0 Å². The molecule has 0 amide bonds. The summed E-state index contributed by atoms with van der Waals surface area (Å²) in [4.78, 5) is 0. The fourth-order valence-electron chi connectivity index (χ4n) is 3.02. The highest BCUT2D eigenvalue weighted by atomic mass is 16.5. The molecule has 3 nitrogen and oxygen atoms in total. The highest BCUT2D eigenvalue weighted by Crippen LogP contribution is 2.28. The molecule has 3 heteroatoms. The zero-order valence-corrected chi connectivity index (χ0v) is 13.6. The standard InChI is InChI=1S/C17H32N2O/c1-4-11-19-17(3,14-18)10-7-12-20-16-9-6-8-15(5-2)13-16/h15-16,19H,4-13H2,1-3H3. The Morgan fingerprint density at radius 2 is 2.15 bits per heavy atom. The number of nitrogens with one attached hydrogen (secondary N) is 1. The molecule has 3 atom stereocenters. The van der Waals surface area contributed by atoms with Crippen molar-refractivity contribution in [1.29, 1.82) is 5.26 Å². The maximum atomic E-state index is 9.27. The summed E-state index contributed by atoms with van der Waals surface area (Å²) in [5, 5.41) is 12.6. The molecule has 1 aliphatic rings. The summed E-state index contributed by atoms with van der Waals surface area (Å²) in [5.41, 5.74) is -0.391. The minimum absolute atomic E-state index is 0.391. The Labute approximate surface area is 125 Å². The largest absolute Gasteiger partial charge is 0.378 e. The average Bonchev–Trinajstić information content (AvgIpc) is 2.50. The van der Waals surface area contributed by atoms with Gasteiger partial charge in [-0.1, -0.05) is 33.1 Å². The van der Waals surface area contributed by atoms with Crippen LogP contribution in [-0.2, 0) is 4.74 Å². The molecule has 1 aliphatic carbocycles. The monoisotopic (exact) mass is 280 g/mol. The minimum atomic E-state index is -0.391. The number of hydrogen-bond acceptors (Lipinski definition) is 3. The van der Waals surface area contributed by atoms with Crippen LogP contribution in [0.3, 0.4) is 0 Å². The lowest BCUT2D eigenvalue weighted by molar-refractivity contribution is 0.00942. The number of rotatable bonds is 9. The fraction of sp³-hybridized carbons (Fsp3) is 0.941.